The minimum Gasteiger partial charge on any atom is -0.511 e. The molecule has 0 amide bonds. The van der Waals surface area contributed by atoms with E-state index in [0.717, 1.165) is 0 Å². The molecule has 0 rings (SSSR count). The fourth-order valence-corrected chi connectivity index (χ4v) is 0. The first-order valence-electron chi connectivity index (χ1n) is 0.651. The molecule has 2 N–H and O–H groups in total. The predicted octanol–water partition coefficient (Wildman–Crippen LogP) is -1.50. The molecule has 0 heterocycles. The van der Waals surface area contributed by atoms with Gasteiger partial charge in [-0.2, -0.15) is 13.5 Å². The van der Waals surface area contributed by atoms with Gasteiger partial charge in [0.05, 0.1) is 0 Å². The topological polar surface area (TPSA) is 57.5 Å². The van der Waals surface area contributed by atoms with Gasteiger partial charge in [0.25, 0.3) is 0 Å². The monoisotopic (exact) mass is 176 g/mol. The molecule has 0 spiro atoms. The maximum Gasteiger partial charge on any atom is 0.761 e. The van der Waals surface area contributed by atoms with Crippen molar-refractivity contribution in [1.29, 1.82) is 0 Å². The van der Waals surface area contributed by atoms with Crippen LogP contribution in [0.4, 0.5) is 0 Å². The van der Waals surface area contributed by atoms with E-state index >= 15 is 0 Å². The van der Waals surface area contributed by atoms with Gasteiger partial charge < -0.3 is 9.59 Å². The molecule has 0 aromatic heterocycles. The van der Waals surface area contributed by atoms with Crippen LogP contribution in [0.5, 0.6) is 0 Å². The van der Waals surface area contributed by atoms with Crippen LogP contribution < -0.4 is 0 Å². The molecular formula is H4O3SSiZn. The standard InChI is InChI=1S/H2O3Si.H2S.Zn/c1-4(2)3;;/h1-2H;1H2;. The zero-order valence-corrected chi connectivity index (χ0v) is 7.98. The largest absolute Gasteiger partial charge is 0.761 e. The van der Waals surface area contributed by atoms with Crippen molar-refractivity contribution in [3.63, 3.8) is 0 Å². The quantitative estimate of drug-likeness (QED) is 0.443. The van der Waals surface area contributed by atoms with Crippen molar-refractivity contribution in [1.82, 2.24) is 0 Å². The van der Waals surface area contributed by atoms with Crippen LogP contribution >= 0.6 is 13.5 Å². The Balaban J connectivity index is -0.0000000450. The van der Waals surface area contributed by atoms with Crippen molar-refractivity contribution >= 4 is 22.7 Å². The summed E-state index contributed by atoms with van der Waals surface area (Å²) < 4.78 is 8.74. The molecular weight excluding hydrogens is 174 g/mol. The van der Waals surface area contributed by atoms with Crippen molar-refractivity contribution in [3.8, 4) is 0 Å². The van der Waals surface area contributed by atoms with E-state index in [1.54, 1.807) is 0 Å². The molecule has 0 unspecified atom stereocenters. The maximum absolute atomic E-state index is 8.74. The van der Waals surface area contributed by atoms with Crippen molar-refractivity contribution in [2.24, 2.45) is 0 Å². The zero-order chi connectivity index (χ0) is 3.58. The molecule has 0 saturated heterocycles. The molecule has 0 aromatic carbocycles. The van der Waals surface area contributed by atoms with Crippen LogP contribution in [0.25, 0.3) is 0 Å². The Morgan fingerprint density at radius 3 is 1.33 bits per heavy atom. The minimum atomic E-state index is -3.13. The van der Waals surface area contributed by atoms with Crippen molar-refractivity contribution in [2.45, 2.75) is 0 Å². The molecule has 0 fully saturated rings. The summed E-state index contributed by atoms with van der Waals surface area (Å²) in [6, 6.07) is 0. The van der Waals surface area contributed by atoms with Gasteiger partial charge in [0.2, 0.25) is 0 Å². The Bertz CT molecular complexity index is 33.8. The Hall–Kier alpha value is 0.590. The van der Waals surface area contributed by atoms with E-state index < -0.39 is 9.17 Å². The van der Waals surface area contributed by atoms with Gasteiger partial charge in [-0.3, -0.25) is 4.46 Å². The van der Waals surface area contributed by atoms with Crippen molar-refractivity contribution in [2.75, 3.05) is 0 Å². The molecule has 0 aliphatic heterocycles. The van der Waals surface area contributed by atoms with Gasteiger partial charge in [-0.25, -0.2) is 0 Å². The van der Waals surface area contributed by atoms with E-state index in [0.29, 0.717) is 0 Å². The van der Waals surface area contributed by atoms with Gasteiger partial charge >= 0.3 is 9.17 Å². The number of hydrogen-bond donors (Lipinski definition) is 2. The molecule has 0 aromatic rings. The third-order valence-electron chi connectivity index (χ3n) is 0. The van der Waals surface area contributed by atoms with Crippen LogP contribution in [0.2, 0.25) is 0 Å². The summed E-state index contributed by atoms with van der Waals surface area (Å²) in [6.45, 7) is 0. The van der Waals surface area contributed by atoms with Crippen molar-refractivity contribution < 1.29 is 33.5 Å². The summed E-state index contributed by atoms with van der Waals surface area (Å²) in [5.74, 6) is 0. The Labute approximate surface area is 56.5 Å². The fourth-order valence-electron chi connectivity index (χ4n) is 0. The van der Waals surface area contributed by atoms with Crippen LogP contribution in [-0.2, 0) is 23.9 Å². The first-order valence-corrected chi connectivity index (χ1v) is 1.95. The summed E-state index contributed by atoms with van der Waals surface area (Å²) in [5.41, 5.74) is 0. The van der Waals surface area contributed by atoms with Gasteiger partial charge in [0, 0.05) is 19.5 Å². The zero-order valence-electron chi connectivity index (χ0n) is 3.01. The average molecular weight is 178 g/mol. The normalized spacial score (nSPS) is 4.00. The smallest absolute Gasteiger partial charge is 0.511 e. The first kappa shape index (κ1) is 16.0. The van der Waals surface area contributed by atoms with Gasteiger partial charge in [-0.05, 0) is 0 Å². The minimum absolute atomic E-state index is 0. The SMILES string of the molecule is O=[Si](O)O.S.[Zn]. The third-order valence-corrected chi connectivity index (χ3v) is 0. The van der Waals surface area contributed by atoms with Gasteiger partial charge in [-0.15, -0.1) is 0 Å². The van der Waals surface area contributed by atoms with E-state index in [4.69, 9.17) is 14.1 Å². The average Bonchev–Trinajstić information content (AvgIpc) is 0.811. The molecule has 6 heavy (non-hydrogen) atoms. The second-order valence-corrected chi connectivity index (χ2v) is 0.848. The molecule has 0 radical (unpaired) electrons. The molecule has 0 aliphatic carbocycles. The van der Waals surface area contributed by atoms with Crippen molar-refractivity contribution in [3.05, 3.63) is 0 Å². The number of rotatable bonds is 0. The number of hydrogen-bond acceptors (Lipinski definition) is 1. The summed E-state index contributed by atoms with van der Waals surface area (Å²) in [4.78, 5) is 14.3. The fraction of sp³-hybridized carbons (Fsp3) is 0. The molecule has 6 heteroatoms. The second kappa shape index (κ2) is 9.14. The van der Waals surface area contributed by atoms with Crippen LogP contribution in [0, 0.1) is 0 Å². The molecule has 0 bridgehead atoms. The van der Waals surface area contributed by atoms with Gasteiger partial charge in [0.1, 0.15) is 0 Å². The van der Waals surface area contributed by atoms with E-state index in [1.807, 2.05) is 0 Å². The van der Waals surface area contributed by atoms with Crippen LogP contribution in [0.1, 0.15) is 0 Å². The summed E-state index contributed by atoms with van der Waals surface area (Å²) in [7, 11) is -3.13. The van der Waals surface area contributed by atoms with E-state index in [9.17, 15) is 0 Å². The predicted molar refractivity (Wildman–Crippen MR) is 21.3 cm³/mol. The Kier molecular flexibility index (Phi) is 24.3. The molecule has 34 valence electrons. The summed E-state index contributed by atoms with van der Waals surface area (Å²) in [6.07, 6.45) is 0. The van der Waals surface area contributed by atoms with Gasteiger partial charge in [0.15, 0.2) is 0 Å². The molecule has 3 nitrogen and oxygen atoms in total. The van der Waals surface area contributed by atoms with E-state index in [1.165, 1.54) is 0 Å². The third kappa shape index (κ3) is 170. The molecule has 0 aliphatic rings. The Morgan fingerprint density at radius 1 is 1.33 bits per heavy atom. The van der Waals surface area contributed by atoms with Gasteiger partial charge in [-0.1, -0.05) is 0 Å². The molecule has 0 atom stereocenters. The second-order valence-electron chi connectivity index (χ2n) is 0.283. The van der Waals surface area contributed by atoms with Crippen LogP contribution in [-0.4, -0.2) is 18.8 Å². The van der Waals surface area contributed by atoms with E-state index in [2.05, 4.69) is 0 Å². The van der Waals surface area contributed by atoms with Crippen LogP contribution in [0.3, 0.4) is 0 Å². The molecule has 0 saturated carbocycles. The van der Waals surface area contributed by atoms with Crippen LogP contribution in [0.15, 0.2) is 0 Å². The Morgan fingerprint density at radius 2 is 1.33 bits per heavy atom. The first-order chi connectivity index (χ1) is 1.73. The van der Waals surface area contributed by atoms with E-state index in [-0.39, 0.29) is 33.0 Å². The summed E-state index contributed by atoms with van der Waals surface area (Å²) >= 11 is 0. The summed E-state index contributed by atoms with van der Waals surface area (Å²) in [5, 5.41) is 0. The maximum atomic E-state index is 8.74.